The van der Waals surface area contributed by atoms with Gasteiger partial charge in [-0.05, 0) is 37.1 Å². The largest absolute Gasteiger partial charge is 0.507 e. The molecule has 0 aromatic heterocycles. The highest BCUT2D eigenvalue weighted by atomic mass is 35.5. The number of carbonyl (C=O) groups is 2. The Labute approximate surface area is 198 Å². The van der Waals surface area contributed by atoms with Gasteiger partial charge in [0, 0.05) is 12.6 Å². The molecule has 0 saturated carbocycles. The van der Waals surface area contributed by atoms with Crippen molar-refractivity contribution >= 4 is 29.1 Å². The Morgan fingerprint density at radius 3 is 2.30 bits per heavy atom. The molecule has 2 aromatic carbocycles. The highest BCUT2D eigenvalue weighted by Gasteiger charge is 2.46. The number of methoxy groups -OCH3 is 2. The molecule has 0 aliphatic carbocycles. The number of halogens is 1. The quantitative estimate of drug-likeness (QED) is 0.314. The van der Waals surface area contributed by atoms with Crippen LogP contribution in [0.1, 0.15) is 43.9 Å². The first-order chi connectivity index (χ1) is 15.9. The molecule has 0 spiro atoms. The summed E-state index contributed by atoms with van der Waals surface area (Å²) < 4.78 is 16.1. The molecule has 33 heavy (non-hydrogen) atoms. The molecule has 1 unspecified atom stereocenters. The van der Waals surface area contributed by atoms with Gasteiger partial charge < -0.3 is 24.2 Å². The van der Waals surface area contributed by atoms with Gasteiger partial charge in [0.25, 0.3) is 11.7 Å². The summed E-state index contributed by atoms with van der Waals surface area (Å²) >= 11 is 6.28. The van der Waals surface area contributed by atoms with Crippen molar-refractivity contribution in [2.75, 3.05) is 27.4 Å². The molecule has 1 saturated heterocycles. The lowest BCUT2D eigenvalue weighted by molar-refractivity contribution is -0.139. The second-order valence-electron chi connectivity index (χ2n) is 7.54. The van der Waals surface area contributed by atoms with Crippen LogP contribution in [0.5, 0.6) is 17.2 Å². The zero-order chi connectivity index (χ0) is 24.1. The number of nitrogens with zero attached hydrogens (tertiary/aromatic N) is 1. The molecule has 1 atom stereocenters. The van der Waals surface area contributed by atoms with Gasteiger partial charge in [-0.15, -0.1) is 0 Å². The van der Waals surface area contributed by atoms with Crippen LogP contribution in [-0.2, 0) is 9.59 Å². The normalized spacial score (nSPS) is 17.4. The molecule has 1 aliphatic heterocycles. The number of hydrogen-bond donors (Lipinski definition) is 1. The molecule has 0 radical (unpaired) electrons. The maximum Gasteiger partial charge on any atom is 0.295 e. The molecule has 3 rings (SSSR count). The number of benzene rings is 2. The van der Waals surface area contributed by atoms with Crippen molar-refractivity contribution in [3.63, 3.8) is 0 Å². The Kier molecular flexibility index (Phi) is 7.87. The highest BCUT2D eigenvalue weighted by Crippen LogP contribution is 2.43. The average molecular weight is 474 g/mol. The second-order valence-corrected chi connectivity index (χ2v) is 7.94. The van der Waals surface area contributed by atoms with Crippen LogP contribution >= 0.6 is 11.6 Å². The van der Waals surface area contributed by atoms with Crippen LogP contribution in [-0.4, -0.2) is 49.1 Å². The van der Waals surface area contributed by atoms with E-state index in [0.29, 0.717) is 30.2 Å². The SMILES string of the molecule is CCCCN1C(=O)C(=O)/C(=C(/O)c2cc(Cl)c(OC)cc2OC)C1c1ccc(OCC)cc1. The Bertz CT molecular complexity index is 1060. The lowest BCUT2D eigenvalue weighted by Crippen LogP contribution is -2.30. The number of unbranched alkanes of at least 4 members (excludes halogenated alkanes) is 1. The Balaban J connectivity index is 2.20. The van der Waals surface area contributed by atoms with Crippen LogP contribution in [0.15, 0.2) is 42.0 Å². The molecule has 1 aliphatic rings. The van der Waals surface area contributed by atoms with Gasteiger partial charge in [-0.25, -0.2) is 0 Å². The first-order valence-electron chi connectivity index (χ1n) is 10.8. The number of ether oxygens (including phenoxy) is 3. The van der Waals surface area contributed by atoms with Crippen LogP contribution in [0.4, 0.5) is 0 Å². The average Bonchev–Trinajstić information content (AvgIpc) is 3.07. The fraction of sp³-hybridized carbons (Fsp3) is 0.360. The topological polar surface area (TPSA) is 85.3 Å². The van der Waals surface area contributed by atoms with E-state index < -0.39 is 17.7 Å². The van der Waals surface area contributed by atoms with Gasteiger partial charge in [0.05, 0.1) is 43.0 Å². The van der Waals surface area contributed by atoms with E-state index in [-0.39, 0.29) is 27.7 Å². The van der Waals surface area contributed by atoms with Crippen molar-refractivity contribution in [3.05, 3.63) is 58.1 Å². The van der Waals surface area contributed by atoms with Gasteiger partial charge in [0.1, 0.15) is 23.0 Å². The van der Waals surface area contributed by atoms with E-state index in [4.69, 9.17) is 25.8 Å². The van der Waals surface area contributed by atoms with Crippen LogP contribution < -0.4 is 14.2 Å². The van der Waals surface area contributed by atoms with Gasteiger partial charge in [-0.2, -0.15) is 0 Å². The number of hydrogen-bond acceptors (Lipinski definition) is 6. The van der Waals surface area contributed by atoms with Gasteiger partial charge >= 0.3 is 0 Å². The van der Waals surface area contributed by atoms with Crippen molar-refractivity contribution < 1.29 is 28.9 Å². The van der Waals surface area contributed by atoms with Crippen molar-refractivity contribution in [1.29, 1.82) is 0 Å². The first kappa shape index (κ1) is 24.5. The smallest absolute Gasteiger partial charge is 0.295 e. The van der Waals surface area contributed by atoms with E-state index >= 15 is 0 Å². The summed E-state index contributed by atoms with van der Waals surface area (Å²) in [4.78, 5) is 27.6. The van der Waals surface area contributed by atoms with Gasteiger partial charge in [-0.1, -0.05) is 37.1 Å². The maximum absolute atomic E-state index is 13.1. The second kappa shape index (κ2) is 10.6. The number of likely N-dealkylation sites (tertiary alicyclic amines) is 1. The Morgan fingerprint density at radius 2 is 1.73 bits per heavy atom. The van der Waals surface area contributed by atoms with Crippen LogP contribution in [0.25, 0.3) is 5.76 Å². The summed E-state index contributed by atoms with van der Waals surface area (Å²) in [5.74, 6) is -0.461. The monoisotopic (exact) mass is 473 g/mol. The summed E-state index contributed by atoms with van der Waals surface area (Å²) in [5.41, 5.74) is 0.876. The summed E-state index contributed by atoms with van der Waals surface area (Å²) in [7, 11) is 2.90. The van der Waals surface area contributed by atoms with Gasteiger partial charge in [0.15, 0.2) is 0 Å². The highest BCUT2D eigenvalue weighted by molar-refractivity contribution is 6.46. The van der Waals surface area contributed by atoms with E-state index in [0.717, 1.165) is 12.8 Å². The minimum atomic E-state index is -0.753. The molecular weight excluding hydrogens is 446 g/mol. The number of ketones is 1. The fourth-order valence-corrected chi connectivity index (χ4v) is 4.13. The van der Waals surface area contributed by atoms with Crippen molar-refractivity contribution in [1.82, 2.24) is 4.90 Å². The van der Waals surface area contributed by atoms with E-state index in [2.05, 4.69) is 0 Å². The number of aliphatic hydroxyl groups excluding tert-OH is 1. The summed E-state index contributed by atoms with van der Waals surface area (Å²) in [5, 5.41) is 11.5. The predicted octanol–water partition coefficient (Wildman–Crippen LogP) is 4.98. The molecule has 1 fully saturated rings. The number of Topliss-reactive ketones (excluding diaryl/α,β-unsaturated/α-hetero) is 1. The summed E-state index contributed by atoms with van der Waals surface area (Å²) in [6.07, 6.45) is 1.57. The van der Waals surface area contributed by atoms with E-state index in [1.54, 1.807) is 24.3 Å². The predicted molar refractivity (Wildman–Crippen MR) is 126 cm³/mol. The van der Waals surface area contributed by atoms with Gasteiger partial charge in [0.2, 0.25) is 0 Å². The minimum absolute atomic E-state index is 0.0141. The molecule has 1 N–H and O–H groups in total. The standard InChI is InChI=1S/C25H28ClNO6/c1-5-7-12-27-22(15-8-10-16(11-9-15)33-6-2)21(24(29)25(27)30)23(28)17-13-18(26)20(32-4)14-19(17)31-3/h8-11,13-14,22,28H,5-7,12H2,1-4H3/b23-21+. The number of carbonyl (C=O) groups excluding carboxylic acids is 2. The Morgan fingerprint density at radius 1 is 1.06 bits per heavy atom. The molecule has 1 heterocycles. The zero-order valence-electron chi connectivity index (χ0n) is 19.2. The Hall–Kier alpha value is -3.19. The zero-order valence-corrected chi connectivity index (χ0v) is 19.9. The third-order valence-corrected chi connectivity index (χ3v) is 5.82. The molecule has 7 nitrogen and oxygen atoms in total. The van der Waals surface area contributed by atoms with Crippen LogP contribution in [0, 0.1) is 0 Å². The third kappa shape index (κ3) is 4.78. The van der Waals surface area contributed by atoms with Crippen LogP contribution in [0.3, 0.4) is 0 Å². The van der Waals surface area contributed by atoms with Crippen molar-refractivity contribution in [3.8, 4) is 17.2 Å². The van der Waals surface area contributed by atoms with Crippen molar-refractivity contribution in [2.45, 2.75) is 32.7 Å². The fourth-order valence-electron chi connectivity index (χ4n) is 3.89. The molecule has 0 bridgehead atoms. The van der Waals surface area contributed by atoms with Crippen LogP contribution in [0.2, 0.25) is 5.02 Å². The van der Waals surface area contributed by atoms with Crippen molar-refractivity contribution in [2.24, 2.45) is 0 Å². The van der Waals surface area contributed by atoms with Gasteiger partial charge in [-0.3, -0.25) is 9.59 Å². The minimum Gasteiger partial charge on any atom is -0.507 e. The lowest BCUT2D eigenvalue weighted by Gasteiger charge is -2.25. The van der Waals surface area contributed by atoms with E-state index in [9.17, 15) is 14.7 Å². The summed E-state index contributed by atoms with van der Waals surface area (Å²) in [6, 6.07) is 9.39. The van der Waals surface area contributed by atoms with E-state index in [1.165, 1.54) is 31.3 Å². The first-order valence-corrected chi connectivity index (χ1v) is 11.2. The lowest BCUT2D eigenvalue weighted by atomic mass is 9.94. The van der Waals surface area contributed by atoms with E-state index in [1.807, 2.05) is 13.8 Å². The molecule has 1 amide bonds. The number of aliphatic hydroxyl groups is 1. The molecule has 8 heteroatoms. The number of amides is 1. The third-order valence-electron chi connectivity index (χ3n) is 5.53. The molecular formula is C25H28ClNO6. The number of rotatable bonds is 9. The maximum atomic E-state index is 13.1. The summed E-state index contributed by atoms with van der Waals surface area (Å²) in [6.45, 7) is 4.80. The molecule has 176 valence electrons. The molecule has 2 aromatic rings.